The van der Waals surface area contributed by atoms with Gasteiger partial charge in [-0.1, -0.05) is 79.6 Å². The summed E-state index contributed by atoms with van der Waals surface area (Å²) in [4.78, 5) is 17.2. The molecule has 0 bridgehead atoms. The zero-order valence-electron chi connectivity index (χ0n) is 18.6. The Morgan fingerprint density at radius 1 is 0.968 bits per heavy atom. The summed E-state index contributed by atoms with van der Waals surface area (Å²) < 4.78 is 3.30. The quantitative estimate of drug-likeness (QED) is 0.268. The Bertz CT molecular complexity index is 966. The fraction of sp³-hybridized carbons (Fsp3) is 0.462. The number of aryl methyl sites for hydroxylation is 2. The minimum atomic E-state index is -0.0297. The van der Waals surface area contributed by atoms with Gasteiger partial charge in [-0.25, -0.2) is 4.98 Å². The van der Waals surface area contributed by atoms with Crippen molar-refractivity contribution >= 4 is 32.9 Å². The van der Waals surface area contributed by atoms with Gasteiger partial charge in [0.05, 0.1) is 11.0 Å². The molecule has 0 saturated heterocycles. The van der Waals surface area contributed by atoms with Gasteiger partial charge in [0.15, 0.2) is 0 Å². The maximum absolute atomic E-state index is 12.3. The molecular weight excluding hydrogens is 450 g/mol. The molecule has 2 aromatic carbocycles. The van der Waals surface area contributed by atoms with E-state index in [-0.39, 0.29) is 5.91 Å². The number of imidazole rings is 1. The Hall–Kier alpha value is -2.14. The first kappa shape index (κ1) is 23.5. The van der Waals surface area contributed by atoms with Gasteiger partial charge in [-0.05, 0) is 43.2 Å². The standard InChI is InChI=1S/C26H34BrN3O/c1-2-3-4-5-6-7-10-19-30-24-16-9-8-15-23(24)29-25(30)17-12-18-28-26(31)21-13-11-14-22(27)20-21/h8-9,11,13-16,20H,2-7,10,12,17-19H2,1H3,(H,28,31). The van der Waals surface area contributed by atoms with E-state index in [4.69, 9.17) is 4.98 Å². The molecule has 31 heavy (non-hydrogen) atoms. The second-order valence-corrected chi connectivity index (χ2v) is 9.08. The van der Waals surface area contributed by atoms with Gasteiger partial charge in [-0.3, -0.25) is 4.79 Å². The molecule has 1 heterocycles. The zero-order chi connectivity index (χ0) is 21.9. The van der Waals surface area contributed by atoms with Gasteiger partial charge in [0.25, 0.3) is 5.91 Å². The van der Waals surface area contributed by atoms with Crippen LogP contribution in [0, 0.1) is 0 Å². The molecule has 0 unspecified atom stereocenters. The largest absolute Gasteiger partial charge is 0.352 e. The van der Waals surface area contributed by atoms with Crippen LogP contribution in [0.1, 0.15) is 74.5 Å². The molecular formula is C26H34BrN3O. The van der Waals surface area contributed by atoms with Crippen LogP contribution in [0.15, 0.2) is 53.0 Å². The highest BCUT2D eigenvalue weighted by Crippen LogP contribution is 2.19. The molecule has 4 nitrogen and oxygen atoms in total. The van der Waals surface area contributed by atoms with Gasteiger partial charge in [-0.15, -0.1) is 0 Å². The summed E-state index contributed by atoms with van der Waals surface area (Å²) in [6, 6.07) is 15.9. The molecule has 3 rings (SSSR count). The SMILES string of the molecule is CCCCCCCCCn1c(CCCNC(=O)c2cccc(Br)c2)nc2ccccc21. The lowest BCUT2D eigenvalue weighted by Gasteiger charge is -2.10. The van der Waals surface area contributed by atoms with Gasteiger partial charge in [0.1, 0.15) is 5.82 Å². The zero-order valence-corrected chi connectivity index (χ0v) is 20.2. The van der Waals surface area contributed by atoms with Crippen LogP contribution in [-0.4, -0.2) is 22.0 Å². The normalized spacial score (nSPS) is 11.2. The van der Waals surface area contributed by atoms with Gasteiger partial charge >= 0.3 is 0 Å². The van der Waals surface area contributed by atoms with Crippen LogP contribution in [0.3, 0.4) is 0 Å². The van der Waals surface area contributed by atoms with Crippen LogP contribution >= 0.6 is 15.9 Å². The van der Waals surface area contributed by atoms with Crippen molar-refractivity contribution in [1.29, 1.82) is 0 Å². The third kappa shape index (κ3) is 7.20. The van der Waals surface area contributed by atoms with Crippen LogP contribution in [0.2, 0.25) is 0 Å². The summed E-state index contributed by atoms with van der Waals surface area (Å²) in [6.07, 6.45) is 10.9. The van der Waals surface area contributed by atoms with Gasteiger partial charge in [0.2, 0.25) is 0 Å². The van der Waals surface area contributed by atoms with E-state index in [2.05, 4.69) is 57.0 Å². The molecule has 0 aliphatic carbocycles. The molecule has 5 heteroatoms. The topological polar surface area (TPSA) is 46.9 Å². The third-order valence-corrected chi connectivity index (χ3v) is 6.16. The van der Waals surface area contributed by atoms with E-state index in [9.17, 15) is 4.79 Å². The first-order chi connectivity index (χ1) is 15.2. The van der Waals surface area contributed by atoms with Crippen molar-refractivity contribution in [3.05, 3.63) is 64.4 Å². The van der Waals surface area contributed by atoms with E-state index >= 15 is 0 Å². The molecule has 166 valence electrons. The average molecular weight is 484 g/mol. The monoisotopic (exact) mass is 483 g/mol. The van der Waals surface area contributed by atoms with Crippen LogP contribution in [-0.2, 0) is 13.0 Å². The number of nitrogens with one attached hydrogen (secondary N) is 1. The van der Waals surface area contributed by atoms with Crippen molar-refractivity contribution in [1.82, 2.24) is 14.9 Å². The summed E-state index contributed by atoms with van der Waals surface area (Å²) in [6.45, 7) is 3.93. The first-order valence-corrected chi connectivity index (χ1v) is 12.5. The number of unbranched alkanes of at least 4 members (excludes halogenated alkanes) is 6. The number of benzene rings is 2. The smallest absolute Gasteiger partial charge is 0.251 e. The van der Waals surface area contributed by atoms with Crippen LogP contribution in [0.4, 0.5) is 0 Å². The molecule has 0 saturated carbocycles. The van der Waals surface area contributed by atoms with Crippen molar-refractivity contribution in [3.8, 4) is 0 Å². The number of rotatable bonds is 13. The predicted octanol–water partition coefficient (Wildman–Crippen LogP) is 6.91. The van der Waals surface area contributed by atoms with Crippen LogP contribution in [0.25, 0.3) is 11.0 Å². The molecule has 0 aliphatic heterocycles. The summed E-state index contributed by atoms with van der Waals surface area (Å²) in [5.74, 6) is 1.10. The Morgan fingerprint density at radius 3 is 2.55 bits per heavy atom. The molecule has 0 spiro atoms. The molecule has 1 aromatic heterocycles. The highest BCUT2D eigenvalue weighted by Gasteiger charge is 2.11. The number of nitrogens with zero attached hydrogens (tertiary/aromatic N) is 2. The van der Waals surface area contributed by atoms with Gasteiger partial charge < -0.3 is 9.88 Å². The highest BCUT2D eigenvalue weighted by molar-refractivity contribution is 9.10. The molecule has 1 amide bonds. The van der Waals surface area contributed by atoms with E-state index in [0.717, 1.165) is 35.2 Å². The molecule has 3 aromatic rings. The first-order valence-electron chi connectivity index (χ1n) is 11.7. The molecule has 0 aliphatic rings. The van der Waals surface area contributed by atoms with Crippen molar-refractivity contribution in [2.45, 2.75) is 71.3 Å². The maximum atomic E-state index is 12.3. The summed E-state index contributed by atoms with van der Waals surface area (Å²) in [5.41, 5.74) is 2.97. The molecule has 0 radical (unpaired) electrons. The lowest BCUT2D eigenvalue weighted by Crippen LogP contribution is -2.25. The maximum Gasteiger partial charge on any atom is 0.251 e. The highest BCUT2D eigenvalue weighted by atomic mass is 79.9. The number of para-hydroxylation sites is 2. The van der Waals surface area contributed by atoms with Crippen LogP contribution in [0.5, 0.6) is 0 Å². The Labute approximate surface area is 194 Å². The fourth-order valence-corrected chi connectivity index (χ4v) is 4.37. The number of halogens is 1. The number of carbonyl (C=O) groups excluding carboxylic acids is 1. The summed E-state index contributed by atoms with van der Waals surface area (Å²) in [5, 5.41) is 3.03. The summed E-state index contributed by atoms with van der Waals surface area (Å²) in [7, 11) is 0. The van der Waals surface area contributed by atoms with E-state index in [1.54, 1.807) is 0 Å². The van der Waals surface area contributed by atoms with Gasteiger partial charge in [-0.2, -0.15) is 0 Å². The number of fused-ring (bicyclic) bond motifs is 1. The fourth-order valence-electron chi connectivity index (χ4n) is 3.97. The lowest BCUT2D eigenvalue weighted by atomic mass is 10.1. The number of aromatic nitrogens is 2. The number of carbonyl (C=O) groups is 1. The van der Waals surface area contributed by atoms with Crippen molar-refractivity contribution in [3.63, 3.8) is 0 Å². The van der Waals surface area contributed by atoms with Crippen molar-refractivity contribution in [2.24, 2.45) is 0 Å². The van der Waals surface area contributed by atoms with E-state index < -0.39 is 0 Å². The van der Waals surface area contributed by atoms with Crippen molar-refractivity contribution in [2.75, 3.05) is 6.54 Å². The van der Waals surface area contributed by atoms with E-state index in [1.165, 1.54) is 50.5 Å². The van der Waals surface area contributed by atoms with Gasteiger partial charge in [0, 0.05) is 29.5 Å². The molecule has 1 N–H and O–H groups in total. The van der Waals surface area contributed by atoms with Crippen LogP contribution < -0.4 is 5.32 Å². The minimum absolute atomic E-state index is 0.0297. The Kier molecular flexibility index (Phi) is 9.60. The predicted molar refractivity (Wildman–Crippen MR) is 133 cm³/mol. The Morgan fingerprint density at radius 2 is 1.74 bits per heavy atom. The summed E-state index contributed by atoms with van der Waals surface area (Å²) >= 11 is 3.42. The molecule has 0 fully saturated rings. The number of hydrogen-bond acceptors (Lipinski definition) is 2. The lowest BCUT2D eigenvalue weighted by molar-refractivity contribution is 0.0953. The minimum Gasteiger partial charge on any atom is -0.352 e. The molecule has 0 atom stereocenters. The number of amides is 1. The van der Waals surface area contributed by atoms with E-state index in [1.807, 2.05) is 24.3 Å². The van der Waals surface area contributed by atoms with E-state index in [0.29, 0.717) is 12.1 Å². The van der Waals surface area contributed by atoms with Crippen molar-refractivity contribution < 1.29 is 4.79 Å². The number of hydrogen-bond donors (Lipinski definition) is 1. The third-order valence-electron chi connectivity index (χ3n) is 5.67. The Balaban J connectivity index is 1.51. The second kappa shape index (κ2) is 12.7. The average Bonchev–Trinajstić information content (AvgIpc) is 3.13. The second-order valence-electron chi connectivity index (χ2n) is 8.16.